The average Bonchev–Trinajstić information content (AvgIpc) is 2.08. The van der Waals surface area contributed by atoms with Gasteiger partial charge in [-0.1, -0.05) is 0 Å². The molecule has 0 aromatic rings. The van der Waals surface area contributed by atoms with Crippen LogP contribution >= 0.6 is 0 Å². The first-order chi connectivity index (χ1) is 6.91. The summed E-state index contributed by atoms with van der Waals surface area (Å²) in [6.07, 6.45) is 0. The van der Waals surface area contributed by atoms with Gasteiger partial charge in [-0.15, -0.1) is 0 Å². The van der Waals surface area contributed by atoms with Crippen LogP contribution in [0.5, 0.6) is 0 Å². The third-order valence-electron chi connectivity index (χ3n) is 0.750. The molecule has 0 atom stereocenters. The maximum atomic E-state index is 10.5. The van der Waals surface area contributed by atoms with E-state index in [0.29, 0.717) is 0 Å². The molecule has 0 aromatic carbocycles. The quantitative estimate of drug-likeness (QED) is 0.348. The lowest BCUT2D eigenvalue weighted by atomic mass is 10.2. The van der Waals surface area contributed by atoms with Crippen molar-refractivity contribution in [2.24, 2.45) is 0 Å². The topological polar surface area (TPSA) is 97.4 Å². The number of carbonyl (C=O) groups excluding carboxylic acids is 3. The summed E-state index contributed by atoms with van der Waals surface area (Å²) in [7, 11) is -1.75. The second-order valence-electron chi connectivity index (χ2n) is 2.24. The highest BCUT2D eigenvalue weighted by Gasteiger charge is 2.31. The summed E-state index contributed by atoms with van der Waals surface area (Å²) in [5, 5.41) is 0. The van der Waals surface area contributed by atoms with Gasteiger partial charge in [0.2, 0.25) is 0 Å². The molecule has 0 aliphatic heterocycles. The summed E-state index contributed by atoms with van der Waals surface area (Å²) >= 11 is 0. The van der Waals surface area contributed by atoms with E-state index >= 15 is 0 Å². The maximum absolute atomic E-state index is 10.5. The van der Waals surface area contributed by atoms with Crippen molar-refractivity contribution in [3.8, 4) is 0 Å². The van der Waals surface area contributed by atoms with Crippen molar-refractivity contribution < 1.29 is 38.4 Å². The molecule has 0 bridgehead atoms. The molecule has 15 heavy (non-hydrogen) atoms. The lowest BCUT2D eigenvalue weighted by Gasteiger charge is -2.08. The SMILES string of the molecule is CC(=O)OOB(OOC(C)=O)OC(C)=O. The van der Waals surface area contributed by atoms with Gasteiger partial charge in [0.15, 0.2) is 0 Å². The van der Waals surface area contributed by atoms with Gasteiger partial charge >= 0.3 is 19.3 Å². The van der Waals surface area contributed by atoms with Crippen LogP contribution in [-0.4, -0.2) is 25.2 Å². The lowest BCUT2D eigenvalue weighted by molar-refractivity contribution is -0.274. The van der Waals surface area contributed by atoms with E-state index in [1.165, 1.54) is 0 Å². The second kappa shape index (κ2) is 6.79. The van der Waals surface area contributed by atoms with Gasteiger partial charge in [0.1, 0.15) is 0 Å². The minimum Gasteiger partial charge on any atom is -0.481 e. The van der Waals surface area contributed by atoms with E-state index in [1.54, 1.807) is 0 Å². The molecule has 0 N–H and O–H groups in total. The largest absolute Gasteiger partial charge is 0.791 e. The first-order valence-corrected chi connectivity index (χ1v) is 3.77. The Hall–Kier alpha value is -1.61. The minimum atomic E-state index is -1.75. The van der Waals surface area contributed by atoms with E-state index < -0.39 is 25.2 Å². The van der Waals surface area contributed by atoms with Gasteiger partial charge < -0.3 is 14.4 Å². The Bertz CT molecular complexity index is 234. The summed E-state index contributed by atoms with van der Waals surface area (Å²) in [5.41, 5.74) is 0. The van der Waals surface area contributed by atoms with Crippen LogP contribution in [0.15, 0.2) is 0 Å². The monoisotopic (exact) mass is 220 g/mol. The molecule has 8 nitrogen and oxygen atoms in total. The third kappa shape index (κ3) is 8.72. The predicted molar refractivity (Wildman–Crippen MR) is 43.2 cm³/mol. The van der Waals surface area contributed by atoms with Gasteiger partial charge in [-0.05, 0) is 0 Å². The molecule has 84 valence electrons. The summed E-state index contributed by atoms with van der Waals surface area (Å²) in [5.74, 6) is -2.36. The van der Waals surface area contributed by atoms with Crippen LogP contribution in [0, 0.1) is 0 Å². The van der Waals surface area contributed by atoms with Gasteiger partial charge in [-0.3, -0.25) is 4.79 Å². The first kappa shape index (κ1) is 13.4. The molecule has 0 saturated carbocycles. The van der Waals surface area contributed by atoms with Crippen LogP contribution in [0.2, 0.25) is 0 Å². The molecule has 0 amide bonds. The Morgan fingerprint density at radius 1 is 0.800 bits per heavy atom. The molecule has 0 rings (SSSR count). The molecule has 0 radical (unpaired) electrons. The van der Waals surface area contributed by atoms with E-state index in [9.17, 15) is 14.4 Å². The Morgan fingerprint density at radius 2 is 1.20 bits per heavy atom. The van der Waals surface area contributed by atoms with Crippen molar-refractivity contribution in [1.82, 2.24) is 0 Å². The van der Waals surface area contributed by atoms with E-state index in [1.807, 2.05) is 0 Å². The molecule has 0 unspecified atom stereocenters. The highest BCUT2D eigenvalue weighted by Crippen LogP contribution is 1.96. The van der Waals surface area contributed by atoms with E-state index in [0.717, 1.165) is 20.8 Å². The van der Waals surface area contributed by atoms with Crippen molar-refractivity contribution in [2.75, 3.05) is 0 Å². The van der Waals surface area contributed by atoms with Crippen molar-refractivity contribution in [1.29, 1.82) is 0 Å². The smallest absolute Gasteiger partial charge is 0.481 e. The van der Waals surface area contributed by atoms with Crippen LogP contribution in [0.1, 0.15) is 20.8 Å². The highest BCUT2D eigenvalue weighted by molar-refractivity contribution is 6.38. The van der Waals surface area contributed by atoms with Crippen LogP contribution in [0.4, 0.5) is 0 Å². The first-order valence-electron chi connectivity index (χ1n) is 3.77. The number of hydrogen-bond donors (Lipinski definition) is 0. The van der Waals surface area contributed by atoms with Crippen molar-refractivity contribution >= 4 is 25.2 Å². The van der Waals surface area contributed by atoms with Gasteiger partial charge in [-0.25, -0.2) is 9.59 Å². The molecule has 0 aliphatic rings. The summed E-state index contributed by atoms with van der Waals surface area (Å²) in [4.78, 5) is 47.5. The number of hydrogen-bond acceptors (Lipinski definition) is 8. The lowest BCUT2D eigenvalue weighted by Crippen LogP contribution is -2.31. The second-order valence-corrected chi connectivity index (χ2v) is 2.24. The zero-order valence-corrected chi connectivity index (χ0v) is 8.34. The zero-order valence-electron chi connectivity index (χ0n) is 8.34. The molecular weight excluding hydrogens is 211 g/mol. The van der Waals surface area contributed by atoms with E-state index in [2.05, 4.69) is 24.0 Å². The normalized spacial score (nSPS) is 9.00. The number of rotatable bonds is 5. The molecule has 0 aromatic heterocycles. The van der Waals surface area contributed by atoms with Gasteiger partial charge in [-0.2, -0.15) is 9.61 Å². The number of carbonyl (C=O) groups is 3. The zero-order chi connectivity index (χ0) is 11.8. The Labute approximate surface area is 85.4 Å². The van der Waals surface area contributed by atoms with Gasteiger partial charge in [0.25, 0.3) is 5.97 Å². The molecule has 0 fully saturated rings. The van der Waals surface area contributed by atoms with E-state index in [4.69, 9.17) is 0 Å². The van der Waals surface area contributed by atoms with Crippen molar-refractivity contribution in [3.63, 3.8) is 0 Å². The van der Waals surface area contributed by atoms with Crippen LogP contribution in [0.3, 0.4) is 0 Å². The Balaban J connectivity index is 3.99. The standard InChI is InChI=1S/C6H9BO8/c1-4(8)11-7(14-12-5(2)9)15-13-6(3)10/h1-3H3. The summed E-state index contributed by atoms with van der Waals surface area (Å²) in [6.45, 7) is 3.16. The van der Waals surface area contributed by atoms with Gasteiger partial charge in [0.05, 0.1) is 0 Å². The highest BCUT2D eigenvalue weighted by atomic mass is 17.3. The molecule has 0 saturated heterocycles. The average molecular weight is 220 g/mol. The Kier molecular flexibility index (Phi) is 6.06. The van der Waals surface area contributed by atoms with Gasteiger partial charge in [0, 0.05) is 20.8 Å². The molecule has 0 heterocycles. The maximum Gasteiger partial charge on any atom is 0.791 e. The van der Waals surface area contributed by atoms with Crippen LogP contribution < -0.4 is 0 Å². The fraction of sp³-hybridized carbons (Fsp3) is 0.500. The minimum absolute atomic E-state index is 0.778. The fourth-order valence-corrected chi connectivity index (χ4v) is 0.405. The van der Waals surface area contributed by atoms with Crippen LogP contribution in [-0.2, 0) is 38.4 Å². The predicted octanol–water partition coefficient (Wildman–Crippen LogP) is -0.476. The molecular formula is C6H9BO8. The van der Waals surface area contributed by atoms with E-state index in [-0.39, 0.29) is 0 Å². The molecule has 9 heteroatoms. The Morgan fingerprint density at radius 3 is 1.47 bits per heavy atom. The summed E-state index contributed by atoms with van der Waals surface area (Å²) in [6, 6.07) is 0. The molecule has 0 spiro atoms. The molecule has 0 aliphatic carbocycles. The van der Waals surface area contributed by atoms with Crippen molar-refractivity contribution in [3.05, 3.63) is 0 Å². The summed E-state index contributed by atoms with van der Waals surface area (Å²) < 4.78 is 4.31. The van der Waals surface area contributed by atoms with Crippen LogP contribution in [0.25, 0.3) is 0 Å². The van der Waals surface area contributed by atoms with Crippen molar-refractivity contribution in [2.45, 2.75) is 20.8 Å². The third-order valence-corrected chi connectivity index (χ3v) is 0.750. The fourth-order valence-electron chi connectivity index (χ4n) is 0.405.